The fourth-order valence-corrected chi connectivity index (χ4v) is 2.70. The summed E-state index contributed by atoms with van der Waals surface area (Å²) in [6, 6.07) is 4.70. The smallest absolute Gasteiger partial charge is 0.417 e. The van der Waals surface area contributed by atoms with Crippen molar-refractivity contribution in [1.29, 1.82) is 0 Å². The van der Waals surface area contributed by atoms with E-state index in [4.69, 9.17) is 4.74 Å². The second-order valence-corrected chi connectivity index (χ2v) is 5.39. The SMILES string of the molecule is CCOC(=O)[C@H]1CCCN(C(=O)c2ccccc2C(F)(F)F)C1. The zero-order chi connectivity index (χ0) is 17.0. The average molecular weight is 329 g/mol. The van der Waals surface area contributed by atoms with Crippen LogP contribution in [0.1, 0.15) is 35.7 Å². The molecule has 0 unspecified atom stereocenters. The molecule has 1 aromatic rings. The molecule has 1 aliphatic rings. The quantitative estimate of drug-likeness (QED) is 0.801. The molecule has 0 bridgehead atoms. The van der Waals surface area contributed by atoms with Gasteiger partial charge in [0, 0.05) is 13.1 Å². The van der Waals surface area contributed by atoms with Crippen molar-refractivity contribution in [3.63, 3.8) is 0 Å². The Hall–Kier alpha value is -2.05. The van der Waals surface area contributed by atoms with E-state index in [0.717, 1.165) is 6.07 Å². The Bertz CT molecular complexity index is 586. The van der Waals surface area contributed by atoms with Crippen molar-refractivity contribution < 1.29 is 27.5 Å². The zero-order valence-electron chi connectivity index (χ0n) is 12.7. The number of likely N-dealkylation sites (tertiary alicyclic amines) is 1. The first-order valence-corrected chi connectivity index (χ1v) is 7.46. The van der Waals surface area contributed by atoms with E-state index in [0.29, 0.717) is 19.4 Å². The zero-order valence-corrected chi connectivity index (χ0v) is 12.7. The average Bonchev–Trinajstić information content (AvgIpc) is 2.54. The number of hydrogen-bond acceptors (Lipinski definition) is 3. The van der Waals surface area contributed by atoms with Crippen molar-refractivity contribution in [1.82, 2.24) is 4.90 Å². The Morgan fingerprint density at radius 1 is 1.30 bits per heavy atom. The van der Waals surface area contributed by atoms with E-state index in [9.17, 15) is 22.8 Å². The molecular formula is C16H18F3NO3. The molecule has 1 amide bonds. The molecule has 7 heteroatoms. The second-order valence-electron chi connectivity index (χ2n) is 5.39. The minimum atomic E-state index is -4.59. The first-order chi connectivity index (χ1) is 10.8. The van der Waals surface area contributed by atoms with E-state index in [1.807, 2.05) is 0 Å². The Labute approximate surface area is 132 Å². The van der Waals surface area contributed by atoms with Crippen LogP contribution in [0.5, 0.6) is 0 Å². The molecule has 23 heavy (non-hydrogen) atoms. The van der Waals surface area contributed by atoms with Gasteiger partial charge in [0.1, 0.15) is 0 Å². The Balaban J connectivity index is 2.19. The number of alkyl halides is 3. The highest BCUT2D eigenvalue weighted by Crippen LogP contribution is 2.33. The van der Waals surface area contributed by atoms with Crippen molar-refractivity contribution in [2.24, 2.45) is 5.92 Å². The van der Waals surface area contributed by atoms with Gasteiger partial charge in [-0.1, -0.05) is 12.1 Å². The first-order valence-electron chi connectivity index (χ1n) is 7.46. The van der Waals surface area contributed by atoms with Gasteiger partial charge in [-0.15, -0.1) is 0 Å². The lowest BCUT2D eigenvalue weighted by atomic mass is 9.96. The lowest BCUT2D eigenvalue weighted by Crippen LogP contribution is -2.43. The lowest BCUT2D eigenvalue weighted by molar-refractivity contribution is -0.149. The summed E-state index contributed by atoms with van der Waals surface area (Å²) in [5.41, 5.74) is -1.34. The van der Waals surface area contributed by atoms with E-state index >= 15 is 0 Å². The molecule has 0 radical (unpaired) electrons. The lowest BCUT2D eigenvalue weighted by Gasteiger charge is -2.32. The number of nitrogens with zero attached hydrogens (tertiary/aromatic N) is 1. The van der Waals surface area contributed by atoms with Gasteiger partial charge < -0.3 is 9.64 Å². The summed E-state index contributed by atoms with van der Waals surface area (Å²) >= 11 is 0. The number of rotatable bonds is 3. The molecule has 2 rings (SSSR count). The minimum absolute atomic E-state index is 0.0872. The van der Waals surface area contributed by atoms with Crippen LogP contribution in [-0.2, 0) is 15.7 Å². The van der Waals surface area contributed by atoms with Crippen molar-refractivity contribution in [2.45, 2.75) is 25.9 Å². The van der Waals surface area contributed by atoms with Gasteiger partial charge in [-0.2, -0.15) is 13.2 Å². The minimum Gasteiger partial charge on any atom is -0.466 e. The molecule has 1 heterocycles. The molecule has 0 aliphatic carbocycles. The number of carbonyl (C=O) groups is 2. The molecule has 126 valence electrons. The normalized spacial score (nSPS) is 18.6. The fraction of sp³-hybridized carbons (Fsp3) is 0.500. The first kappa shape index (κ1) is 17.3. The predicted molar refractivity (Wildman–Crippen MR) is 76.7 cm³/mol. The predicted octanol–water partition coefficient (Wildman–Crippen LogP) is 3.12. The maximum Gasteiger partial charge on any atom is 0.417 e. The van der Waals surface area contributed by atoms with E-state index in [2.05, 4.69) is 0 Å². The summed E-state index contributed by atoms with van der Waals surface area (Å²) in [6.45, 7) is 2.34. The third-order valence-corrected chi connectivity index (χ3v) is 3.79. The molecule has 0 N–H and O–H groups in total. The Morgan fingerprint density at radius 2 is 2.00 bits per heavy atom. The van der Waals surface area contributed by atoms with E-state index in [1.165, 1.54) is 23.1 Å². The molecule has 1 fully saturated rings. The molecule has 1 aliphatic heterocycles. The van der Waals surface area contributed by atoms with Gasteiger partial charge in [-0.3, -0.25) is 9.59 Å². The summed E-state index contributed by atoms with van der Waals surface area (Å²) in [7, 11) is 0. The largest absolute Gasteiger partial charge is 0.466 e. The Morgan fingerprint density at radius 3 is 2.65 bits per heavy atom. The van der Waals surface area contributed by atoms with E-state index < -0.39 is 29.5 Å². The highest BCUT2D eigenvalue weighted by Gasteiger charge is 2.37. The van der Waals surface area contributed by atoms with Crippen LogP contribution >= 0.6 is 0 Å². The summed E-state index contributed by atoms with van der Waals surface area (Å²) in [5, 5.41) is 0. The van der Waals surface area contributed by atoms with Crippen molar-refractivity contribution in [3.05, 3.63) is 35.4 Å². The van der Waals surface area contributed by atoms with Crippen LogP contribution in [0.4, 0.5) is 13.2 Å². The number of hydrogen-bond donors (Lipinski definition) is 0. The monoisotopic (exact) mass is 329 g/mol. The molecule has 1 saturated heterocycles. The molecule has 0 aromatic heterocycles. The molecule has 4 nitrogen and oxygen atoms in total. The van der Waals surface area contributed by atoms with Gasteiger partial charge >= 0.3 is 12.1 Å². The summed E-state index contributed by atoms with van der Waals surface area (Å²) in [4.78, 5) is 25.6. The molecule has 0 spiro atoms. The van der Waals surface area contributed by atoms with E-state index in [1.54, 1.807) is 6.92 Å². The van der Waals surface area contributed by atoms with Gasteiger partial charge in [0.2, 0.25) is 0 Å². The number of carbonyl (C=O) groups excluding carboxylic acids is 2. The molecular weight excluding hydrogens is 311 g/mol. The highest BCUT2D eigenvalue weighted by atomic mass is 19.4. The van der Waals surface area contributed by atoms with Gasteiger partial charge in [-0.25, -0.2) is 0 Å². The van der Waals surface area contributed by atoms with Gasteiger partial charge in [0.25, 0.3) is 5.91 Å². The number of piperidine rings is 1. The van der Waals surface area contributed by atoms with Gasteiger partial charge in [0.15, 0.2) is 0 Å². The maximum absolute atomic E-state index is 13.0. The summed E-state index contributed by atoms with van der Waals surface area (Å²) in [6.07, 6.45) is -3.46. The van der Waals surface area contributed by atoms with Crippen LogP contribution in [0.2, 0.25) is 0 Å². The van der Waals surface area contributed by atoms with Gasteiger partial charge in [0.05, 0.1) is 23.7 Å². The van der Waals surface area contributed by atoms with Crippen LogP contribution in [0.15, 0.2) is 24.3 Å². The fourth-order valence-electron chi connectivity index (χ4n) is 2.70. The maximum atomic E-state index is 13.0. The number of amides is 1. The Kier molecular flexibility index (Phi) is 5.28. The molecule has 0 saturated carbocycles. The second kappa shape index (κ2) is 7.02. The van der Waals surface area contributed by atoms with Crippen molar-refractivity contribution in [2.75, 3.05) is 19.7 Å². The van der Waals surface area contributed by atoms with Gasteiger partial charge in [-0.05, 0) is 31.9 Å². The van der Waals surface area contributed by atoms with Crippen LogP contribution in [0.3, 0.4) is 0 Å². The number of ether oxygens (including phenoxy) is 1. The standard InChI is InChI=1S/C16H18F3NO3/c1-2-23-15(22)11-6-5-9-20(10-11)14(21)12-7-3-4-8-13(12)16(17,18)19/h3-4,7-8,11H,2,5-6,9-10H2,1H3/t11-/m0/s1. The third kappa shape index (κ3) is 4.03. The molecule has 1 aromatic carbocycles. The summed E-state index contributed by atoms with van der Waals surface area (Å²) < 4.78 is 44.0. The van der Waals surface area contributed by atoms with Crippen LogP contribution < -0.4 is 0 Å². The number of halogens is 3. The molecule has 1 atom stereocenters. The topological polar surface area (TPSA) is 46.6 Å². The number of esters is 1. The van der Waals surface area contributed by atoms with Crippen LogP contribution in [0.25, 0.3) is 0 Å². The number of benzene rings is 1. The van der Waals surface area contributed by atoms with Crippen LogP contribution in [-0.4, -0.2) is 36.5 Å². The van der Waals surface area contributed by atoms with Crippen molar-refractivity contribution in [3.8, 4) is 0 Å². The highest BCUT2D eigenvalue weighted by molar-refractivity contribution is 5.96. The van der Waals surface area contributed by atoms with E-state index in [-0.39, 0.29) is 18.7 Å². The van der Waals surface area contributed by atoms with Crippen molar-refractivity contribution >= 4 is 11.9 Å². The third-order valence-electron chi connectivity index (χ3n) is 3.79. The van der Waals surface area contributed by atoms with Crippen LogP contribution in [0, 0.1) is 5.92 Å². The summed E-state index contributed by atoms with van der Waals surface area (Å²) in [5.74, 6) is -1.59.